The van der Waals surface area contributed by atoms with Crippen molar-refractivity contribution >= 4 is 17.3 Å². The number of pyridine rings is 1. The molecule has 9 heteroatoms. The number of hydrogen-bond donors (Lipinski definition) is 1. The molecule has 1 saturated heterocycles. The standard InChI is InChI=1S/C26H28N4O5/c1-33-25-16-30(17-26(32)27-19-7-8-23-24(13-19)35-18-34-23)21(14-22(25)31)15-28-9-11-29(12-10-28)20-5-3-2-4-6-20/h2-8,13-14,16H,9-12,15,17-18H2,1H3,(H,27,32). The first-order valence-electron chi connectivity index (χ1n) is 11.6. The number of ether oxygens (including phenoxy) is 3. The number of carbonyl (C=O) groups excluding carboxylic acids is 1. The lowest BCUT2D eigenvalue weighted by Gasteiger charge is -2.36. The van der Waals surface area contributed by atoms with Crippen molar-refractivity contribution < 1.29 is 19.0 Å². The molecular weight excluding hydrogens is 448 g/mol. The molecule has 9 nitrogen and oxygen atoms in total. The lowest BCUT2D eigenvalue weighted by atomic mass is 10.2. The minimum absolute atomic E-state index is 0.0460. The van der Waals surface area contributed by atoms with Gasteiger partial charge in [-0.3, -0.25) is 14.5 Å². The van der Waals surface area contributed by atoms with E-state index in [0.717, 1.165) is 31.9 Å². The van der Waals surface area contributed by atoms with Crippen LogP contribution >= 0.6 is 0 Å². The van der Waals surface area contributed by atoms with E-state index in [1.54, 1.807) is 35.0 Å². The second-order valence-corrected chi connectivity index (χ2v) is 8.54. The molecule has 0 unspecified atom stereocenters. The molecule has 1 N–H and O–H groups in total. The predicted molar refractivity (Wildman–Crippen MR) is 132 cm³/mol. The van der Waals surface area contributed by atoms with Gasteiger partial charge in [-0.2, -0.15) is 0 Å². The summed E-state index contributed by atoms with van der Waals surface area (Å²) in [7, 11) is 1.45. The SMILES string of the molecule is COc1cn(CC(=O)Nc2ccc3c(c2)OCO3)c(CN2CCN(c3ccccc3)CC2)cc1=O. The summed E-state index contributed by atoms with van der Waals surface area (Å²) in [6.07, 6.45) is 1.61. The lowest BCUT2D eigenvalue weighted by molar-refractivity contribution is -0.116. The second kappa shape index (κ2) is 10.1. The van der Waals surface area contributed by atoms with Crippen LogP contribution < -0.4 is 29.9 Å². The van der Waals surface area contributed by atoms with Gasteiger partial charge in [-0.1, -0.05) is 18.2 Å². The number of carbonyl (C=O) groups is 1. The first-order valence-corrected chi connectivity index (χ1v) is 11.6. The van der Waals surface area contributed by atoms with E-state index < -0.39 is 0 Å². The molecule has 0 bridgehead atoms. The van der Waals surface area contributed by atoms with E-state index in [0.29, 0.717) is 23.7 Å². The number of benzene rings is 2. The summed E-state index contributed by atoms with van der Waals surface area (Å²) in [6.45, 7) is 4.30. The van der Waals surface area contributed by atoms with Gasteiger partial charge in [0.2, 0.25) is 18.1 Å². The Kier molecular flexibility index (Phi) is 6.58. The fourth-order valence-electron chi connectivity index (χ4n) is 4.39. The van der Waals surface area contributed by atoms with Crippen LogP contribution in [-0.2, 0) is 17.9 Å². The van der Waals surface area contributed by atoms with Gasteiger partial charge in [0.1, 0.15) is 6.54 Å². The van der Waals surface area contributed by atoms with Crippen molar-refractivity contribution in [3.63, 3.8) is 0 Å². The second-order valence-electron chi connectivity index (χ2n) is 8.54. The zero-order valence-corrected chi connectivity index (χ0v) is 19.6. The minimum atomic E-state index is -0.218. The van der Waals surface area contributed by atoms with Gasteiger partial charge in [0.05, 0.1) is 13.3 Å². The molecule has 3 heterocycles. The van der Waals surface area contributed by atoms with Crippen molar-refractivity contribution in [1.29, 1.82) is 0 Å². The molecule has 5 rings (SSSR count). The minimum Gasteiger partial charge on any atom is -0.491 e. The third-order valence-corrected chi connectivity index (χ3v) is 6.25. The topological polar surface area (TPSA) is 85.3 Å². The zero-order chi connectivity index (χ0) is 24.2. The maximum atomic E-state index is 12.9. The molecule has 0 atom stereocenters. The maximum absolute atomic E-state index is 12.9. The molecule has 2 aliphatic rings. The highest BCUT2D eigenvalue weighted by Crippen LogP contribution is 2.34. The molecule has 1 aromatic heterocycles. The smallest absolute Gasteiger partial charge is 0.244 e. The number of fused-ring (bicyclic) bond motifs is 1. The van der Waals surface area contributed by atoms with Crippen LogP contribution in [0.25, 0.3) is 0 Å². The number of nitrogens with one attached hydrogen (secondary N) is 1. The first kappa shape index (κ1) is 22.8. The van der Waals surface area contributed by atoms with Crippen LogP contribution in [0.15, 0.2) is 65.6 Å². The lowest BCUT2D eigenvalue weighted by Crippen LogP contribution is -2.46. The summed E-state index contributed by atoms with van der Waals surface area (Å²) in [6, 6.07) is 17.2. The van der Waals surface area contributed by atoms with E-state index in [1.807, 2.05) is 18.2 Å². The Morgan fingerprint density at radius 2 is 1.77 bits per heavy atom. The summed E-state index contributed by atoms with van der Waals surface area (Å²) in [5, 5.41) is 2.89. The van der Waals surface area contributed by atoms with Crippen molar-refractivity contribution in [2.24, 2.45) is 0 Å². The molecular formula is C26H28N4O5. The van der Waals surface area contributed by atoms with Crippen molar-refractivity contribution in [1.82, 2.24) is 9.47 Å². The zero-order valence-electron chi connectivity index (χ0n) is 19.6. The third kappa shape index (κ3) is 5.25. The van der Waals surface area contributed by atoms with Gasteiger partial charge in [0.15, 0.2) is 17.2 Å². The van der Waals surface area contributed by atoms with E-state index in [4.69, 9.17) is 14.2 Å². The van der Waals surface area contributed by atoms with Crippen LogP contribution in [0.4, 0.5) is 11.4 Å². The van der Waals surface area contributed by atoms with Gasteiger partial charge < -0.3 is 29.0 Å². The van der Waals surface area contributed by atoms with Gasteiger partial charge in [-0.25, -0.2) is 0 Å². The number of amides is 1. The monoisotopic (exact) mass is 476 g/mol. The number of hydrogen-bond acceptors (Lipinski definition) is 7. The summed E-state index contributed by atoms with van der Waals surface area (Å²) in [5.74, 6) is 1.24. The van der Waals surface area contributed by atoms with Crippen LogP contribution in [0.5, 0.6) is 17.2 Å². The van der Waals surface area contributed by atoms with E-state index in [2.05, 4.69) is 27.2 Å². The number of methoxy groups -OCH3 is 1. The molecule has 1 fully saturated rings. The molecule has 2 aliphatic heterocycles. The van der Waals surface area contributed by atoms with Crippen molar-refractivity contribution in [3.8, 4) is 17.2 Å². The Balaban J connectivity index is 1.27. The Morgan fingerprint density at radius 1 is 1.00 bits per heavy atom. The van der Waals surface area contributed by atoms with E-state index in [-0.39, 0.29) is 30.4 Å². The third-order valence-electron chi connectivity index (χ3n) is 6.25. The maximum Gasteiger partial charge on any atom is 0.244 e. The molecule has 0 radical (unpaired) electrons. The van der Waals surface area contributed by atoms with Gasteiger partial charge in [-0.15, -0.1) is 0 Å². The molecule has 1 amide bonds. The number of aromatic nitrogens is 1. The number of para-hydroxylation sites is 1. The van der Waals surface area contributed by atoms with Crippen molar-refractivity contribution in [2.75, 3.05) is 50.3 Å². The summed E-state index contributed by atoms with van der Waals surface area (Å²) in [4.78, 5) is 30.0. The number of nitrogens with zero attached hydrogens (tertiary/aromatic N) is 3. The number of rotatable bonds is 7. The summed E-state index contributed by atoms with van der Waals surface area (Å²) < 4.78 is 17.7. The van der Waals surface area contributed by atoms with Crippen LogP contribution in [0.2, 0.25) is 0 Å². The van der Waals surface area contributed by atoms with Crippen LogP contribution in [-0.4, -0.2) is 55.5 Å². The van der Waals surface area contributed by atoms with Gasteiger partial charge >= 0.3 is 0 Å². The van der Waals surface area contributed by atoms with Crippen LogP contribution in [0, 0.1) is 0 Å². The Hall–Kier alpha value is -3.98. The highest BCUT2D eigenvalue weighted by atomic mass is 16.7. The summed E-state index contributed by atoms with van der Waals surface area (Å²) >= 11 is 0. The highest BCUT2D eigenvalue weighted by molar-refractivity contribution is 5.91. The molecule has 35 heavy (non-hydrogen) atoms. The quantitative estimate of drug-likeness (QED) is 0.561. The van der Waals surface area contributed by atoms with E-state index >= 15 is 0 Å². The fourth-order valence-corrected chi connectivity index (χ4v) is 4.39. The Labute approximate surface area is 203 Å². The summed E-state index contributed by atoms with van der Waals surface area (Å²) in [5.41, 5.74) is 2.40. The molecule has 182 valence electrons. The average Bonchev–Trinajstić information content (AvgIpc) is 3.34. The number of piperazine rings is 1. The van der Waals surface area contributed by atoms with Crippen molar-refractivity contribution in [3.05, 3.63) is 76.7 Å². The van der Waals surface area contributed by atoms with Gasteiger partial charge in [0.25, 0.3) is 0 Å². The molecule has 0 aliphatic carbocycles. The van der Waals surface area contributed by atoms with Gasteiger partial charge in [0, 0.05) is 61.9 Å². The first-order chi connectivity index (χ1) is 17.1. The van der Waals surface area contributed by atoms with E-state index in [1.165, 1.54) is 12.8 Å². The largest absolute Gasteiger partial charge is 0.491 e. The van der Waals surface area contributed by atoms with E-state index in [9.17, 15) is 9.59 Å². The molecule has 0 saturated carbocycles. The molecule has 3 aromatic rings. The Morgan fingerprint density at radius 3 is 2.54 bits per heavy atom. The van der Waals surface area contributed by atoms with Crippen molar-refractivity contribution in [2.45, 2.75) is 13.1 Å². The highest BCUT2D eigenvalue weighted by Gasteiger charge is 2.20. The predicted octanol–water partition coefficient (Wildman–Crippen LogP) is 2.55. The van der Waals surface area contributed by atoms with Gasteiger partial charge in [-0.05, 0) is 24.3 Å². The fraction of sp³-hybridized carbons (Fsp3) is 0.308. The number of anilines is 2. The average molecular weight is 477 g/mol. The normalized spacial score (nSPS) is 15.2. The molecule has 0 spiro atoms. The Bertz CT molecular complexity index is 1250. The molecule has 2 aromatic carbocycles. The van der Waals surface area contributed by atoms with Crippen LogP contribution in [0.1, 0.15) is 5.69 Å². The van der Waals surface area contributed by atoms with Crippen LogP contribution in [0.3, 0.4) is 0 Å².